The van der Waals surface area contributed by atoms with Crippen molar-refractivity contribution in [1.82, 2.24) is 0 Å². The summed E-state index contributed by atoms with van der Waals surface area (Å²) in [4.78, 5) is 0.970. The van der Waals surface area contributed by atoms with Gasteiger partial charge in [0.2, 0.25) is 0 Å². The molecule has 0 bridgehead atoms. The quantitative estimate of drug-likeness (QED) is 0.702. The van der Waals surface area contributed by atoms with Crippen LogP contribution in [0.5, 0.6) is 0 Å². The Balaban J connectivity index is 2.15. The molecule has 19 heavy (non-hydrogen) atoms. The number of thioether (sulfide) groups is 1. The van der Waals surface area contributed by atoms with Gasteiger partial charge in [0.15, 0.2) is 0 Å². The summed E-state index contributed by atoms with van der Waals surface area (Å²) in [6.45, 7) is 2.01. The molecule has 0 heterocycles. The van der Waals surface area contributed by atoms with Crippen LogP contribution in [0.15, 0.2) is 41.3 Å². The van der Waals surface area contributed by atoms with Crippen LogP contribution in [0.1, 0.15) is 16.7 Å². The van der Waals surface area contributed by atoms with Crippen molar-refractivity contribution in [2.24, 2.45) is 0 Å². The molecule has 0 unspecified atom stereocenters. The minimum absolute atomic E-state index is 0.684. The normalized spacial score (nSPS) is 10.2. The van der Waals surface area contributed by atoms with Crippen LogP contribution < -0.4 is 0 Å². The molecule has 96 valence electrons. The molecule has 2 aromatic carbocycles. The third-order valence-electron chi connectivity index (χ3n) is 2.75. The van der Waals surface area contributed by atoms with E-state index < -0.39 is 0 Å². The van der Waals surface area contributed by atoms with Crippen LogP contribution in [0.4, 0.5) is 0 Å². The molecule has 0 atom stereocenters. The highest BCUT2D eigenvalue weighted by atomic mass is 35.5. The number of nitrogens with zero attached hydrogens (tertiary/aromatic N) is 1. The molecule has 0 N–H and O–H groups in total. The molecule has 0 spiro atoms. The van der Waals surface area contributed by atoms with Gasteiger partial charge in [0.05, 0.1) is 16.7 Å². The summed E-state index contributed by atoms with van der Waals surface area (Å²) in [7, 11) is 0. The summed E-state index contributed by atoms with van der Waals surface area (Å²) in [5, 5.41) is 10.2. The van der Waals surface area contributed by atoms with Crippen molar-refractivity contribution in [3.63, 3.8) is 0 Å². The van der Waals surface area contributed by atoms with Crippen LogP contribution in [-0.2, 0) is 5.75 Å². The molecule has 0 aliphatic heterocycles. The van der Waals surface area contributed by atoms with E-state index in [1.54, 1.807) is 23.9 Å². The van der Waals surface area contributed by atoms with Crippen LogP contribution in [-0.4, -0.2) is 0 Å². The van der Waals surface area contributed by atoms with Crippen LogP contribution in [0.3, 0.4) is 0 Å². The van der Waals surface area contributed by atoms with Gasteiger partial charge in [0, 0.05) is 15.7 Å². The lowest BCUT2D eigenvalue weighted by Crippen LogP contribution is -1.88. The molecule has 0 radical (unpaired) electrons. The van der Waals surface area contributed by atoms with Gasteiger partial charge in [-0.15, -0.1) is 11.8 Å². The summed E-state index contributed by atoms with van der Waals surface area (Å²) in [5.41, 5.74) is 3.00. The maximum atomic E-state index is 8.84. The number of hydrogen-bond donors (Lipinski definition) is 0. The average molecular weight is 308 g/mol. The second-order valence-electron chi connectivity index (χ2n) is 4.12. The first kappa shape index (κ1) is 14.3. The molecule has 0 fully saturated rings. The highest BCUT2D eigenvalue weighted by molar-refractivity contribution is 7.98. The Morgan fingerprint density at radius 3 is 2.63 bits per heavy atom. The van der Waals surface area contributed by atoms with Gasteiger partial charge < -0.3 is 0 Å². The first-order valence-corrected chi connectivity index (χ1v) is 7.42. The number of benzene rings is 2. The van der Waals surface area contributed by atoms with E-state index in [1.807, 2.05) is 31.2 Å². The Hall–Kier alpha value is -1.14. The fourth-order valence-corrected chi connectivity index (χ4v) is 3.24. The molecule has 0 aliphatic rings. The third kappa shape index (κ3) is 3.67. The highest BCUT2D eigenvalue weighted by Crippen LogP contribution is 2.32. The molecule has 0 aliphatic carbocycles. The highest BCUT2D eigenvalue weighted by Gasteiger charge is 2.05. The van der Waals surface area contributed by atoms with Crippen molar-refractivity contribution < 1.29 is 0 Å². The summed E-state index contributed by atoms with van der Waals surface area (Å²) in [6, 6.07) is 13.3. The molecule has 2 aromatic rings. The van der Waals surface area contributed by atoms with Crippen molar-refractivity contribution in [3.8, 4) is 6.07 Å². The SMILES string of the molecule is Cc1cc(C#N)ccc1CSc1cc(Cl)ccc1Cl. The maximum absolute atomic E-state index is 8.84. The van der Waals surface area contributed by atoms with E-state index in [-0.39, 0.29) is 0 Å². The standard InChI is InChI=1S/C15H11Cl2NS/c1-10-6-11(8-18)2-3-12(10)9-19-15-7-13(16)4-5-14(15)17/h2-7H,9H2,1H3. The first-order chi connectivity index (χ1) is 9.10. The Morgan fingerprint density at radius 1 is 1.16 bits per heavy atom. The molecule has 4 heteroatoms. The molecule has 0 saturated carbocycles. The Labute approximate surface area is 127 Å². The van der Waals surface area contributed by atoms with Gasteiger partial charge in [-0.25, -0.2) is 0 Å². The lowest BCUT2D eigenvalue weighted by Gasteiger charge is -2.07. The molecule has 0 saturated heterocycles. The number of hydrogen-bond acceptors (Lipinski definition) is 2. The summed E-state index contributed by atoms with van der Waals surface area (Å²) >= 11 is 13.7. The fourth-order valence-electron chi connectivity index (χ4n) is 1.67. The molecule has 1 nitrogen and oxygen atoms in total. The molecule has 0 amide bonds. The largest absolute Gasteiger partial charge is 0.192 e. The average Bonchev–Trinajstić information content (AvgIpc) is 2.40. The number of aryl methyl sites for hydroxylation is 1. The first-order valence-electron chi connectivity index (χ1n) is 5.67. The zero-order valence-corrected chi connectivity index (χ0v) is 12.6. The van der Waals surface area contributed by atoms with Gasteiger partial charge in [0.25, 0.3) is 0 Å². The van der Waals surface area contributed by atoms with Crippen LogP contribution in [0, 0.1) is 18.3 Å². The van der Waals surface area contributed by atoms with Crippen molar-refractivity contribution in [2.45, 2.75) is 17.6 Å². The van der Waals surface area contributed by atoms with E-state index in [0.29, 0.717) is 15.6 Å². The zero-order valence-electron chi connectivity index (χ0n) is 10.3. The van der Waals surface area contributed by atoms with Gasteiger partial charge in [-0.1, -0.05) is 29.3 Å². The maximum Gasteiger partial charge on any atom is 0.0991 e. The predicted octanol–water partition coefficient (Wildman–Crippen LogP) is 5.47. The van der Waals surface area contributed by atoms with E-state index in [1.165, 1.54) is 5.56 Å². The molecular formula is C15H11Cl2NS. The lowest BCUT2D eigenvalue weighted by atomic mass is 10.1. The smallest absolute Gasteiger partial charge is 0.0991 e. The summed E-state index contributed by atoms with van der Waals surface area (Å²) in [6.07, 6.45) is 0. The topological polar surface area (TPSA) is 23.8 Å². The second kappa shape index (κ2) is 6.34. The summed E-state index contributed by atoms with van der Waals surface area (Å²) in [5.74, 6) is 0.803. The van der Waals surface area contributed by atoms with E-state index in [4.69, 9.17) is 28.5 Å². The number of nitriles is 1. The monoisotopic (exact) mass is 307 g/mol. The molecule has 0 aromatic heterocycles. The van der Waals surface area contributed by atoms with E-state index >= 15 is 0 Å². The van der Waals surface area contributed by atoms with Crippen LogP contribution >= 0.6 is 35.0 Å². The number of halogens is 2. The Kier molecular flexibility index (Phi) is 4.76. The van der Waals surface area contributed by atoms with Crippen molar-refractivity contribution in [2.75, 3.05) is 0 Å². The van der Waals surface area contributed by atoms with Crippen LogP contribution in [0.2, 0.25) is 10.0 Å². The van der Waals surface area contributed by atoms with Crippen LogP contribution in [0.25, 0.3) is 0 Å². The predicted molar refractivity (Wildman–Crippen MR) is 81.9 cm³/mol. The molecular weight excluding hydrogens is 297 g/mol. The van der Waals surface area contributed by atoms with Gasteiger partial charge in [0.1, 0.15) is 0 Å². The Morgan fingerprint density at radius 2 is 1.95 bits per heavy atom. The zero-order chi connectivity index (χ0) is 13.8. The van der Waals surface area contributed by atoms with Crippen molar-refractivity contribution in [3.05, 3.63) is 63.1 Å². The van der Waals surface area contributed by atoms with Gasteiger partial charge in [-0.2, -0.15) is 5.26 Å². The lowest BCUT2D eigenvalue weighted by molar-refractivity contribution is 1.29. The fraction of sp³-hybridized carbons (Fsp3) is 0.133. The minimum atomic E-state index is 0.684. The third-order valence-corrected chi connectivity index (χ3v) is 4.53. The van der Waals surface area contributed by atoms with E-state index in [0.717, 1.165) is 16.2 Å². The van der Waals surface area contributed by atoms with Crippen molar-refractivity contribution >= 4 is 35.0 Å². The van der Waals surface area contributed by atoms with Crippen molar-refractivity contribution in [1.29, 1.82) is 5.26 Å². The van der Waals surface area contributed by atoms with E-state index in [9.17, 15) is 0 Å². The number of rotatable bonds is 3. The van der Waals surface area contributed by atoms with E-state index in [2.05, 4.69) is 6.07 Å². The summed E-state index contributed by atoms with van der Waals surface area (Å²) < 4.78 is 0. The second-order valence-corrected chi connectivity index (χ2v) is 5.98. The molecule has 2 rings (SSSR count). The van der Waals surface area contributed by atoms with Gasteiger partial charge >= 0.3 is 0 Å². The Bertz CT molecular complexity index is 647. The van der Waals surface area contributed by atoms with Gasteiger partial charge in [-0.05, 0) is 48.4 Å². The van der Waals surface area contributed by atoms with Gasteiger partial charge in [-0.3, -0.25) is 0 Å². The minimum Gasteiger partial charge on any atom is -0.192 e.